The molecule has 1 aliphatic heterocycles. The summed E-state index contributed by atoms with van der Waals surface area (Å²) in [6.45, 7) is 9.42. The molecule has 0 spiro atoms. The van der Waals surface area contributed by atoms with Crippen LogP contribution in [0.1, 0.15) is 61.3 Å². The van der Waals surface area contributed by atoms with Gasteiger partial charge in [-0.3, -0.25) is 0 Å². The van der Waals surface area contributed by atoms with Crippen molar-refractivity contribution >= 4 is 11.4 Å². The first kappa shape index (κ1) is 18.6. The molecule has 152 valence electrons. The molecule has 1 heterocycles. The van der Waals surface area contributed by atoms with Crippen LogP contribution in [0.5, 0.6) is 0 Å². The molecule has 3 aliphatic rings. The van der Waals surface area contributed by atoms with E-state index in [4.69, 9.17) is 0 Å². The molecule has 0 aromatic heterocycles. The van der Waals surface area contributed by atoms with E-state index in [0.29, 0.717) is 17.9 Å². The zero-order chi connectivity index (χ0) is 20.0. The van der Waals surface area contributed by atoms with Crippen LogP contribution < -0.4 is 16.0 Å². The van der Waals surface area contributed by atoms with Gasteiger partial charge in [-0.1, -0.05) is 43.3 Å². The minimum atomic E-state index is 0.434. The molecule has 5 rings (SSSR count). The summed E-state index contributed by atoms with van der Waals surface area (Å²) in [5, 5.41) is 10.8. The van der Waals surface area contributed by atoms with Crippen LogP contribution in [0.25, 0.3) is 0 Å². The molecular weight excluding hydrogens is 354 g/mol. The van der Waals surface area contributed by atoms with E-state index in [0.717, 1.165) is 36.3 Å². The molecule has 3 heteroatoms. The van der Waals surface area contributed by atoms with E-state index in [1.807, 2.05) is 0 Å². The lowest BCUT2D eigenvalue weighted by atomic mass is 9.68. The first-order valence-electron chi connectivity index (χ1n) is 11.3. The third kappa shape index (κ3) is 3.31. The van der Waals surface area contributed by atoms with Crippen LogP contribution in [0.15, 0.2) is 54.9 Å². The minimum absolute atomic E-state index is 0.434. The molecule has 5 atom stereocenters. The molecule has 2 saturated carbocycles. The molecule has 2 aromatic carbocycles. The zero-order valence-corrected chi connectivity index (χ0v) is 17.7. The Kier molecular flexibility index (Phi) is 4.77. The van der Waals surface area contributed by atoms with E-state index in [9.17, 15) is 0 Å². The Morgan fingerprint density at radius 3 is 2.69 bits per heavy atom. The second-order valence-electron chi connectivity index (χ2n) is 9.30. The first-order valence-corrected chi connectivity index (χ1v) is 11.3. The Labute approximate surface area is 175 Å². The fourth-order valence-electron chi connectivity index (χ4n) is 6.16. The van der Waals surface area contributed by atoms with Gasteiger partial charge in [-0.05, 0) is 85.6 Å². The number of hydrogen-bond donors (Lipinski definition) is 3. The van der Waals surface area contributed by atoms with Crippen LogP contribution in [0.2, 0.25) is 0 Å². The zero-order valence-electron chi connectivity index (χ0n) is 17.7. The van der Waals surface area contributed by atoms with E-state index in [2.05, 4.69) is 78.8 Å². The highest BCUT2D eigenvalue weighted by Gasteiger charge is 2.53. The average Bonchev–Trinajstić information content (AvgIpc) is 3.35. The lowest BCUT2D eigenvalue weighted by Crippen LogP contribution is -2.35. The Balaban J connectivity index is 1.47. The maximum absolute atomic E-state index is 4.13. The molecule has 3 N–H and O–H groups in total. The van der Waals surface area contributed by atoms with Crippen LogP contribution in [-0.4, -0.2) is 6.54 Å². The lowest BCUT2D eigenvalue weighted by Gasteiger charge is -2.43. The summed E-state index contributed by atoms with van der Waals surface area (Å²) in [7, 11) is 0. The Morgan fingerprint density at radius 1 is 1.10 bits per heavy atom. The molecule has 0 radical (unpaired) electrons. The number of anilines is 2. The van der Waals surface area contributed by atoms with Crippen molar-refractivity contribution in [1.82, 2.24) is 5.32 Å². The average molecular weight is 388 g/mol. The van der Waals surface area contributed by atoms with Gasteiger partial charge < -0.3 is 16.0 Å². The second-order valence-corrected chi connectivity index (χ2v) is 9.30. The van der Waals surface area contributed by atoms with Gasteiger partial charge in [0.2, 0.25) is 0 Å². The molecule has 29 heavy (non-hydrogen) atoms. The van der Waals surface area contributed by atoms with Gasteiger partial charge in [-0.25, -0.2) is 0 Å². The summed E-state index contributed by atoms with van der Waals surface area (Å²) in [5.41, 5.74) is 6.76. The van der Waals surface area contributed by atoms with Crippen molar-refractivity contribution in [1.29, 1.82) is 0 Å². The molecule has 5 unspecified atom stereocenters. The van der Waals surface area contributed by atoms with E-state index < -0.39 is 0 Å². The highest BCUT2D eigenvalue weighted by molar-refractivity contribution is 5.65. The van der Waals surface area contributed by atoms with Gasteiger partial charge in [0, 0.05) is 17.9 Å². The second kappa shape index (κ2) is 7.44. The van der Waals surface area contributed by atoms with Crippen LogP contribution >= 0.6 is 0 Å². The maximum atomic E-state index is 4.13. The summed E-state index contributed by atoms with van der Waals surface area (Å²) < 4.78 is 0. The predicted octanol–water partition coefficient (Wildman–Crippen LogP) is 6.17. The molecular formula is C26H33N3. The maximum Gasteiger partial charge on any atom is 0.0957 e. The normalized spacial score (nSPS) is 29.0. The first-order chi connectivity index (χ1) is 14.1. The fourth-order valence-corrected chi connectivity index (χ4v) is 6.16. The molecule has 3 nitrogen and oxygen atoms in total. The predicted molar refractivity (Wildman–Crippen MR) is 122 cm³/mol. The third-order valence-corrected chi connectivity index (χ3v) is 7.41. The molecule has 0 amide bonds. The fraction of sp³-hybridized carbons (Fsp3) is 0.462. The number of fused-ring (bicyclic) bond motifs is 7. The van der Waals surface area contributed by atoms with E-state index in [1.165, 1.54) is 41.6 Å². The third-order valence-electron chi connectivity index (χ3n) is 7.41. The Bertz CT molecular complexity index is 901. The van der Waals surface area contributed by atoms with Crippen molar-refractivity contribution in [2.75, 3.05) is 17.2 Å². The van der Waals surface area contributed by atoms with Crippen LogP contribution in [0.4, 0.5) is 11.4 Å². The lowest BCUT2D eigenvalue weighted by molar-refractivity contribution is 0.247. The number of nitrogens with one attached hydrogen (secondary N) is 3. The van der Waals surface area contributed by atoms with E-state index >= 15 is 0 Å². The number of aryl methyl sites for hydroxylation is 1. The number of benzene rings is 2. The Hall–Kier alpha value is -2.42. The molecule has 2 aliphatic carbocycles. The van der Waals surface area contributed by atoms with Gasteiger partial charge in [0.05, 0.1) is 11.9 Å². The van der Waals surface area contributed by atoms with Crippen molar-refractivity contribution in [3.63, 3.8) is 0 Å². The highest BCUT2D eigenvalue weighted by Crippen LogP contribution is 2.63. The SMILES string of the molecule is C=C(NCCC)Nc1ccc2c(c1)C1C3CCC(C3)C1C(c1ccc(C)cc1)N2. The number of rotatable bonds is 6. The van der Waals surface area contributed by atoms with Gasteiger partial charge in [-0.2, -0.15) is 0 Å². The summed E-state index contributed by atoms with van der Waals surface area (Å²) in [5.74, 6) is 3.97. The molecule has 2 aromatic rings. The highest BCUT2D eigenvalue weighted by atomic mass is 15.1. The van der Waals surface area contributed by atoms with Crippen molar-refractivity contribution < 1.29 is 0 Å². The Morgan fingerprint density at radius 2 is 1.90 bits per heavy atom. The van der Waals surface area contributed by atoms with Crippen LogP contribution in [-0.2, 0) is 0 Å². The van der Waals surface area contributed by atoms with Gasteiger partial charge in [0.15, 0.2) is 0 Å². The topological polar surface area (TPSA) is 36.1 Å². The summed E-state index contributed by atoms with van der Waals surface area (Å²) in [6.07, 6.45) is 5.30. The van der Waals surface area contributed by atoms with Gasteiger partial charge in [0.1, 0.15) is 0 Å². The van der Waals surface area contributed by atoms with Crippen LogP contribution in [0, 0.1) is 24.7 Å². The van der Waals surface area contributed by atoms with Crippen LogP contribution in [0.3, 0.4) is 0 Å². The standard InChI is InChI=1S/C26H33N3/c1-4-13-27-17(3)28-21-11-12-23-22(15-21)24-19-9-10-20(14-19)25(24)26(29-23)18-7-5-16(2)6-8-18/h5-8,11-12,15,19-20,24-29H,3-4,9-10,13-14H2,1-2H3. The smallest absolute Gasteiger partial charge is 0.0957 e. The van der Waals surface area contributed by atoms with E-state index in [1.54, 1.807) is 0 Å². The van der Waals surface area contributed by atoms with Crippen molar-refractivity contribution in [3.8, 4) is 0 Å². The quantitative estimate of drug-likeness (QED) is 0.554. The monoisotopic (exact) mass is 387 g/mol. The molecule has 0 saturated heterocycles. The van der Waals surface area contributed by atoms with Crippen molar-refractivity contribution in [3.05, 3.63) is 71.6 Å². The molecule has 2 fully saturated rings. The summed E-state index contributed by atoms with van der Waals surface area (Å²) in [4.78, 5) is 0. The van der Waals surface area contributed by atoms with Crippen molar-refractivity contribution in [2.24, 2.45) is 17.8 Å². The van der Waals surface area contributed by atoms with Gasteiger partial charge in [-0.15, -0.1) is 0 Å². The summed E-state index contributed by atoms with van der Waals surface area (Å²) >= 11 is 0. The minimum Gasteiger partial charge on any atom is -0.378 e. The van der Waals surface area contributed by atoms with Crippen molar-refractivity contribution in [2.45, 2.75) is 51.5 Å². The van der Waals surface area contributed by atoms with E-state index in [-0.39, 0.29) is 0 Å². The van der Waals surface area contributed by atoms with Gasteiger partial charge in [0.25, 0.3) is 0 Å². The largest absolute Gasteiger partial charge is 0.378 e. The number of hydrogen-bond acceptors (Lipinski definition) is 3. The van der Waals surface area contributed by atoms with Gasteiger partial charge >= 0.3 is 0 Å². The molecule has 2 bridgehead atoms. The summed E-state index contributed by atoms with van der Waals surface area (Å²) in [6, 6.07) is 16.5.